The molecule has 14 heavy (non-hydrogen) atoms. The second-order valence-electron chi connectivity index (χ2n) is 3.52. The quantitative estimate of drug-likeness (QED) is 0.748. The lowest BCUT2D eigenvalue weighted by molar-refractivity contribution is 0.188. The Morgan fingerprint density at radius 1 is 1.43 bits per heavy atom. The van der Waals surface area contributed by atoms with Crippen molar-refractivity contribution in [2.45, 2.75) is 13.0 Å². The van der Waals surface area contributed by atoms with Crippen LogP contribution in [-0.2, 0) is 0 Å². The van der Waals surface area contributed by atoms with E-state index in [0.29, 0.717) is 0 Å². The first-order valence-electron chi connectivity index (χ1n) is 4.67. The van der Waals surface area contributed by atoms with E-state index in [0.717, 1.165) is 11.1 Å². The van der Waals surface area contributed by atoms with Gasteiger partial charge in [0.25, 0.3) is 0 Å². The summed E-state index contributed by atoms with van der Waals surface area (Å²) < 4.78 is 2.00. The highest BCUT2D eigenvalue weighted by Crippen LogP contribution is 2.20. The Balaban J connectivity index is 2.58. The van der Waals surface area contributed by atoms with E-state index in [-0.39, 0.29) is 6.54 Å². The highest BCUT2D eigenvalue weighted by Gasteiger charge is 2.09. The van der Waals surface area contributed by atoms with Crippen LogP contribution < -0.4 is 5.73 Å². The van der Waals surface area contributed by atoms with Crippen molar-refractivity contribution in [3.05, 3.63) is 41.7 Å². The molecule has 74 valence electrons. The predicted octanol–water partition coefficient (Wildman–Crippen LogP) is 1.24. The van der Waals surface area contributed by atoms with Gasteiger partial charge in [-0.3, -0.25) is 0 Å². The Kier molecular flexibility index (Phi) is 2.27. The standard InChI is InChI=1S/C11H14N2O/c1-8-2-3-10-9(11(14)6-12)4-5-13(10)7-8/h2-5,7,11,14H,6,12H2,1H3. The lowest BCUT2D eigenvalue weighted by Crippen LogP contribution is -2.11. The van der Waals surface area contributed by atoms with Crippen LogP contribution >= 0.6 is 0 Å². The molecular formula is C11H14N2O. The molecule has 2 aromatic rings. The van der Waals surface area contributed by atoms with E-state index in [9.17, 15) is 5.11 Å². The minimum Gasteiger partial charge on any atom is -0.387 e. The average Bonchev–Trinajstić information content (AvgIpc) is 2.59. The number of aliphatic hydroxyl groups excluding tert-OH is 1. The van der Waals surface area contributed by atoms with Crippen LogP contribution in [0.15, 0.2) is 30.6 Å². The van der Waals surface area contributed by atoms with Gasteiger partial charge in [-0.05, 0) is 24.6 Å². The van der Waals surface area contributed by atoms with E-state index in [1.54, 1.807) is 0 Å². The Morgan fingerprint density at radius 3 is 2.93 bits per heavy atom. The number of aliphatic hydroxyl groups is 1. The molecule has 2 rings (SSSR count). The van der Waals surface area contributed by atoms with Crippen molar-refractivity contribution in [3.63, 3.8) is 0 Å². The normalized spacial score (nSPS) is 13.4. The smallest absolute Gasteiger partial charge is 0.0932 e. The summed E-state index contributed by atoms with van der Waals surface area (Å²) in [5, 5.41) is 9.65. The lowest BCUT2D eigenvalue weighted by atomic mass is 10.1. The number of rotatable bonds is 2. The van der Waals surface area contributed by atoms with E-state index >= 15 is 0 Å². The minimum atomic E-state index is -0.567. The van der Waals surface area contributed by atoms with Crippen LogP contribution in [0.5, 0.6) is 0 Å². The molecule has 0 aliphatic heterocycles. The minimum absolute atomic E-state index is 0.257. The van der Waals surface area contributed by atoms with Crippen LogP contribution in [0.3, 0.4) is 0 Å². The van der Waals surface area contributed by atoms with Crippen LogP contribution in [0.2, 0.25) is 0 Å². The van der Waals surface area contributed by atoms with Crippen molar-refractivity contribution in [1.29, 1.82) is 0 Å². The zero-order valence-corrected chi connectivity index (χ0v) is 8.14. The Morgan fingerprint density at radius 2 is 2.21 bits per heavy atom. The molecule has 0 bridgehead atoms. The molecule has 3 heteroatoms. The number of fused-ring (bicyclic) bond motifs is 1. The van der Waals surface area contributed by atoms with Crippen molar-refractivity contribution in [2.24, 2.45) is 5.73 Å². The Bertz CT molecular complexity index is 447. The molecule has 0 aliphatic carbocycles. The molecule has 2 aromatic heterocycles. The highest BCUT2D eigenvalue weighted by atomic mass is 16.3. The fourth-order valence-electron chi connectivity index (χ4n) is 1.65. The van der Waals surface area contributed by atoms with E-state index in [1.165, 1.54) is 5.56 Å². The molecule has 0 saturated carbocycles. The highest BCUT2D eigenvalue weighted by molar-refractivity contribution is 5.57. The molecule has 3 N–H and O–H groups in total. The monoisotopic (exact) mass is 190 g/mol. The second-order valence-corrected chi connectivity index (χ2v) is 3.52. The third-order valence-electron chi connectivity index (χ3n) is 2.42. The van der Waals surface area contributed by atoms with Crippen molar-refractivity contribution < 1.29 is 5.11 Å². The number of hydrogen-bond acceptors (Lipinski definition) is 2. The van der Waals surface area contributed by atoms with Gasteiger partial charge in [0.15, 0.2) is 0 Å². The molecule has 0 fully saturated rings. The van der Waals surface area contributed by atoms with Crippen LogP contribution in [0.25, 0.3) is 5.52 Å². The van der Waals surface area contributed by atoms with Gasteiger partial charge in [-0.25, -0.2) is 0 Å². The van der Waals surface area contributed by atoms with E-state index in [4.69, 9.17) is 5.73 Å². The molecular weight excluding hydrogens is 176 g/mol. The van der Waals surface area contributed by atoms with Crippen LogP contribution in [0.1, 0.15) is 17.2 Å². The zero-order chi connectivity index (χ0) is 10.1. The largest absolute Gasteiger partial charge is 0.387 e. The summed E-state index contributed by atoms with van der Waals surface area (Å²) in [7, 11) is 0. The van der Waals surface area contributed by atoms with Gasteiger partial charge in [-0.15, -0.1) is 0 Å². The SMILES string of the molecule is Cc1ccc2c(C(O)CN)ccn2c1. The van der Waals surface area contributed by atoms with Crippen LogP contribution in [-0.4, -0.2) is 16.1 Å². The number of nitrogens with zero attached hydrogens (tertiary/aromatic N) is 1. The van der Waals surface area contributed by atoms with Gasteiger partial charge < -0.3 is 15.2 Å². The van der Waals surface area contributed by atoms with Gasteiger partial charge in [-0.1, -0.05) is 6.07 Å². The van der Waals surface area contributed by atoms with Crippen LogP contribution in [0.4, 0.5) is 0 Å². The second kappa shape index (κ2) is 3.44. The summed E-state index contributed by atoms with van der Waals surface area (Å²) in [5.74, 6) is 0. The van der Waals surface area contributed by atoms with Gasteiger partial charge in [0.1, 0.15) is 0 Å². The fraction of sp³-hybridized carbons (Fsp3) is 0.273. The van der Waals surface area contributed by atoms with Crippen molar-refractivity contribution in [3.8, 4) is 0 Å². The molecule has 0 saturated heterocycles. The molecule has 1 unspecified atom stereocenters. The van der Waals surface area contributed by atoms with E-state index in [2.05, 4.69) is 0 Å². The van der Waals surface area contributed by atoms with E-state index < -0.39 is 6.10 Å². The summed E-state index contributed by atoms with van der Waals surface area (Å²) in [4.78, 5) is 0. The maximum atomic E-state index is 9.65. The first kappa shape index (κ1) is 9.24. The number of pyridine rings is 1. The van der Waals surface area contributed by atoms with Crippen molar-refractivity contribution in [2.75, 3.05) is 6.54 Å². The van der Waals surface area contributed by atoms with Crippen LogP contribution in [0, 0.1) is 6.92 Å². The van der Waals surface area contributed by atoms with Gasteiger partial charge in [-0.2, -0.15) is 0 Å². The molecule has 0 aromatic carbocycles. The van der Waals surface area contributed by atoms with Crippen molar-refractivity contribution in [1.82, 2.24) is 4.40 Å². The predicted molar refractivity (Wildman–Crippen MR) is 56.1 cm³/mol. The number of nitrogens with two attached hydrogens (primary N) is 1. The van der Waals surface area contributed by atoms with Gasteiger partial charge in [0, 0.05) is 24.5 Å². The van der Waals surface area contributed by atoms with Crippen molar-refractivity contribution >= 4 is 5.52 Å². The summed E-state index contributed by atoms with van der Waals surface area (Å²) in [6, 6.07) is 5.94. The summed E-state index contributed by atoms with van der Waals surface area (Å²) >= 11 is 0. The summed E-state index contributed by atoms with van der Waals surface area (Å²) in [6.07, 6.45) is 3.40. The molecule has 0 aliphatic rings. The Labute approximate surface area is 82.8 Å². The molecule has 1 atom stereocenters. The van der Waals surface area contributed by atoms with Gasteiger partial charge in [0.05, 0.1) is 11.6 Å². The molecule has 3 nitrogen and oxygen atoms in total. The third kappa shape index (κ3) is 1.41. The first-order valence-corrected chi connectivity index (χ1v) is 4.67. The third-order valence-corrected chi connectivity index (χ3v) is 2.42. The molecule has 0 spiro atoms. The molecule has 0 radical (unpaired) electrons. The summed E-state index contributed by atoms with van der Waals surface area (Å²) in [6.45, 7) is 2.30. The maximum Gasteiger partial charge on any atom is 0.0932 e. The molecule has 0 amide bonds. The lowest BCUT2D eigenvalue weighted by Gasteiger charge is -2.06. The summed E-state index contributed by atoms with van der Waals surface area (Å²) in [5.41, 5.74) is 8.54. The van der Waals surface area contributed by atoms with E-state index in [1.807, 2.05) is 41.9 Å². The molecule has 2 heterocycles. The maximum absolute atomic E-state index is 9.65. The Hall–Kier alpha value is -1.32. The van der Waals surface area contributed by atoms with Gasteiger partial charge >= 0.3 is 0 Å². The number of aromatic nitrogens is 1. The average molecular weight is 190 g/mol. The number of aryl methyl sites for hydroxylation is 1. The number of hydrogen-bond donors (Lipinski definition) is 2. The van der Waals surface area contributed by atoms with Gasteiger partial charge in [0.2, 0.25) is 0 Å². The fourth-order valence-corrected chi connectivity index (χ4v) is 1.65. The first-order chi connectivity index (χ1) is 6.72. The topological polar surface area (TPSA) is 50.7 Å². The zero-order valence-electron chi connectivity index (χ0n) is 8.14.